The van der Waals surface area contributed by atoms with Gasteiger partial charge >= 0.3 is 0 Å². The van der Waals surface area contributed by atoms with Crippen molar-refractivity contribution in [3.05, 3.63) is 65.3 Å². The molecule has 0 spiro atoms. The fourth-order valence-electron chi connectivity index (χ4n) is 4.73. The third-order valence-corrected chi connectivity index (χ3v) is 5.60. The third-order valence-electron chi connectivity index (χ3n) is 5.60. The summed E-state index contributed by atoms with van der Waals surface area (Å²) in [6.45, 7) is 13.8. The highest BCUT2D eigenvalue weighted by molar-refractivity contribution is 5.73. The second-order valence-electron chi connectivity index (χ2n) is 9.48. The SMILES string of the molecule is C=N/C(OC)=C(\C=C/C)c1nc(C2CC(C)(C)OC(C)(C)C2)cn1-c1cc(F)cc(C#N)c1. The molecule has 7 heteroatoms. The number of methoxy groups -OCH3 is 1. The third kappa shape index (κ3) is 5.40. The Kier molecular flexibility index (Phi) is 6.89. The van der Waals surface area contributed by atoms with Crippen LogP contribution in [0.3, 0.4) is 0 Å². The van der Waals surface area contributed by atoms with Crippen molar-refractivity contribution in [2.45, 2.75) is 64.6 Å². The summed E-state index contributed by atoms with van der Waals surface area (Å²) in [5.41, 5.74) is 1.56. The Morgan fingerprint density at radius 3 is 2.52 bits per heavy atom. The van der Waals surface area contributed by atoms with Crippen LogP contribution >= 0.6 is 0 Å². The lowest BCUT2D eigenvalue weighted by Crippen LogP contribution is -2.44. The van der Waals surface area contributed by atoms with Gasteiger partial charge in [-0.25, -0.2) is 14.4 Å². The van der Waals surface area contributed by atoms with Gasteiger partial charge in [-0.1, -0.05) is 12.2 Å². The normalized spacial score (nSPS) is 18.6. The van der Waals surface area contributed by atoms with Crippen LogP contribution in [0.1, 0.15) is 70.5 Å². The zero-order valence-electron chi connectivity index (χ0n) is 20.1. The van der Waals surface area contributed by atoms with Gasteiger partial charge in [-0.3, -0.25) is 4.57 Å². The van der Waals surface area contributed by atoms with Gasteiger partial charge in [0.05, 0.1) is 46.9 Å². The monoisotopic (exact) mass is 450 g/mol. The molecule has 0 radical (unpaired) electrons. The smallest absolute Gasteiger partial charge is 0.223 e. The van der Waals surface area contributed by atoms with Crippen molar-refractivity contribution >= 4 is 12.3 Å². The molecule has 1 aromatic carbocycles. The summed E-state index contributed by atoms with van der Waals surface area (Å²) < 4.78 is 27.8. The number of aliphatic imine (C=N–C) groups is 1. The first-order valence-corrected chi connectivity index (χ1v) is 10.9. The molecule has 0 atom stereocenters. The zero-order chi connectivity index (χ0) is 24.4. The summed E-state index contributed by atoms with van der Waals surface area (Å²) in [4.78, 5) is 9.00. The standard InChI is InChI=1S/C26H31FN4O2/c1-8-9-21(24(29-6)32-7)23-30-22(18-13-25(2,3)33-26(4,5)14-18)16-31(23)20-11-17(15-28)10-19(27)12-20/h8-12,16,18H,6,13-14H2,1-5,7H3/b9-8-,24-21-. The predicted molar refractivity (Wildman–Crippen MR) is 128 cm³/mol. The van der Waals surface area contributed by atoms with Crippen LogP contribution in [0.25, 0.3) is 11.3 Å². The van der Waals surface area contributed by atoms with E-state index in [0.29, 0.717) is 23.0 Å². The molecule has 0 saturated carbocycles. The van der Waals surface area contributed by atoms with E-state index in [0.717, 1.165) is 18.5 Å². The number of imidazole rings is 1. The van der Waals surface area contributed by atoms with Crippen molar-refractivity contribution < 1.29 is 13.9 Å². The summed E-state index contributed by atoms with van der Waals surface area (Å²) in [6, 6.07) is 6.25. The minimum absolute atomic E-state index is 0.127. The molecule has 1 saturated heterocycles. The Bertz CT molecular complexity index is 1140. The van der Waals surface area contributed by atoms with E-state index in [-0.39, 0.29) is 22.7 Å². The number of benzene rings is 1. The number of hydrogen-bond donors (Lipinski definition) is 0. The number of aromatic nitrogens is 2. The van der Waals surface area contributed by atoms with Crippen LogP contribution < -0.4 is 0 Å². The minimum atomic E-state index is -0.496. The molecule has 1 fully saturated rings. The van der Waals surface area contributed by atoms with E-state index in [1.54, 1.807) is 10.6 Å². The molecule has 0 unspecified atom stereocenters. The molecule has 2 aromatic rings. The van der Waals surface area contributed by atoms with E-state index in [1.165, 1.54) is 19.2 Å². The summed E-state index contributed by atoms with van der Waals surface area (Å²) >= 11 is 0. The predicted octanol–water partition coefficient (Wildman–Crippen LogP) is 5.93. The zero-order valence-corrected chi connectivity index (χ0v) is 20.1. The van der Waals surface area contributed by atoms with Crippen molar-refractivity contribution in [3.8, 4) is 11.8 Å². The molecule has 6 nitrogen and oxygen atoms in total. The second kappa shape index (κ2) is 9.32. The van der Waals surface area contributed by atoms with Crippen LogP contribution in [0.4, 0.5) is 4.39 Å². The highest BCUT2D eigenvalue weighted by atomic mass is 19.1. The van der Waals surface area contributed by atoms with Crippen molar-refractivity contribution in [1.82, 2.24) is 9.55 Å². The molecule has 0 bridgehead atoms. The van der Waals surface area contributed by atoms with Gasteiger partial charge in [-0.15, -0.1) is 0 Å². The lowest BCUT2D eigenvalue weighted by molar-refractivity contribution is -0.162. The Morgan fingerprint density at radius 2 is 1.97 bits per heavy atom. The molecule has 0 aliphatic carbocycles. The summed E-state index contributed by atoms with van der Waals surface area (Å²) in [7, 11) is 1.52. The number of rotatable bonds is 6. The van der Waals surface area contributed by atoms with E-state index in [4.69, 9.17) is 14.5 Å². The highest BCUT2D eigenvalue weighted by Crippen LogP contribution is 2.43. The van der Waals surface area contributed by atoms with E-state index in [9.17, 15) is 9.65 Å². The van der Waals surface area contributed by atoms with E-state index in [1.807, 2.05) is 31.3 Å². The Balaban J connectivity index is 2.27. The fourth-order valence-corrected chi connectivity index (χ4v) is 4.73. The van der Waals surface area contributed by atoms with Crippen molar-refractivity contribution in [3.63, 3.8) is 0 Å². The number of halogens is 1. The first-order valence-electron chi connectivity index (χ1n) is 10.9. The van der Waals surface area contributed by atoms with Crippen molar-refractivity contribution in [1.29, 1.82) is 5.26 Å². The molecule has 3 rings (SSSR count). The molecule has 2 heterocycles. The van der Waals surface area contributed by atoms with Gasteiger partial charge in [-0.2, -0.15) is 5.26 Å². The lowest BCUT2D eigenvalue weighted by Gasteiger charge is -2.45. The first-order chi connectivity index (χ1) is 15.5. The molecule has 33 heavy (non-hydrogen) atoms. The maximum Gasteiger partial charge on any atom is 0.223 e. The molecule has 0 N–H and O–H groups in total. The van der Waals surface area contributed by atoms with Gasteiger partial charge in [0, 0.05) is 12.1 Å². The maximum absolute atomic E-state index is 14.4. The van der Waals surface area contributed by atoms with Gasteiger partial charge in [0.15, 0.2) is 0 Å². The minimum Gasteiger partial charge on any atom is -0.480 e. The fraction of sp³-hybridized carbons (Fsp3) is 0.423. The molecule has 1 aromatic heterocycles. The maximum atomic E-state index is 14.4. The second-order valence-corrected chi connectivity index (χ2v) is 9.48. The van der Waals surface area contributed by atoms with Gasteiger partial charge < -0.3 is 9.47 Å². The number of ether oxygens (including phenoxy) is 2. The van der Waals surface area contributed by atoms with E-state index < -0.39 is 5.82 Å². The average Bonchev–Trinajstić information content (AvgIpc) is 3.16. The van der Waals surface area contributed by atoms with Crippen LogP contribution in [0.15, 0.2) is 47.4 Å². The number of nitriles is 1. The molecule has 174 valence electrons. The van der Waals surface area contributed by atoms with Gasteiger partial charge in [0.2, 0.25) is 5.88 Å². The Morgan fingerprint density at radius 1 is 1.30 bits per heavy atom. The Labute approximate surface area is 195 Å². The first kappa shape index (κ1) is 24.4. The average molecular weight is 451 g/mol. The van der Waals surface area contributed by atoms with E-state index >= 15 is 0 Å². The summed E-state index contributed by atoms with van der Waals surface area (Å²) in [5.74, 6) is 0.464. The van der Waals surface area contributed by atoms with E-state index in [2.05, 4.69) is 39.4 Å². The quantitative estimate of drug-likeness (QED) is 0.311. The number of nitrogens with zero attached hydrogens (tertiary/aromatic N) is 4. The Hall–Kier alpha value is -3.24. The van der Waals surface area contributed by atoms with Crippen molar-refractivity contribution in [2.24, 2.45) is 4.99 Å². The molecule has 1 aliphatic rings. The number of allylic oxidation sites excluding steroid dienone is 3. The molecular formula is C26H31FN4O2. The topological polar surface area (TPSA) is 72.4 Å². The van der Waals surface area contributed by atoms with Gasteiger partial charge in [0.25, 0.3) is 0 Å². The van der Waals surface area contributed by atoms with Crippen LogP contribution in [0.2, 0.25) is 0 Å². The molecule has 1 aliphatic heterocycles. The molecular weight excluding hydrogens is 419 g/mol. The van der Waals surface area contributed by atoms with Gasteiger partial charge in [-0.05, 0) is 72.4 Å². The van der Waals surface area contributed by atoms with Crippen molar-refractivity contribution in [2.75, 3.05) is 7.11 Å². The summed E-state index contributed by atoms with van der Waals surface area (Å²) in [6.07, 6.45) is 7.18. The van der Waals surface area contributed by atoms with Gasteiger partial charge in [0.1, 0.15) is 11.6 Å². The van der Waals surface area contributed by atoms with Crippen LogP contribution in [-0.2, 0) is 9.47 Å². The van der Waals surface area contributed by atoms with Crippen LogP contribution in [-0.4, -0.2) is 34.6 Å². The lowest BCUT2D eigenvalue weighted by atomic mass is 9.79. The largest absolute Gasteiger partial charge is 0.480 e. The van der Waals surface area contributed by atoms with Crippen LogP contribution in [0, 0.1) is 17.1 Å². The molecule has 0 amide bonds. The summed E-state index contributed by atoms with van der Waals surface area (Å²) in [5, 5.41) is 9.37. The van der Waals surface area contributed by atoms with Crippen LogP contribution in [0.5, 0.6) is 0 Å². The highest BCUT2D eigenvalue weighted by Gasteiger charge is 2.41. The number of hydrogen-bond acceptors (Lipinski definition) is 5.